The molecule has 1 aliphatic heterocycles. The molecule has 0 saturated heterocycles. The van der Waals surface area contributed by atoms with Crippen molar-refractivity contribution in [3.05, 3.63) is 11.3 Å². The highest BCUT2D eigenvalue weighted by Crippen LogP contribution is 2.29. The summed E-state index contributed by atoms with van der Waals surface area (Å²) in [4.78, 5) is 15.8. The molecule has 0 bridgehead atoms. The predicted molar refractivity (Wildman–Crippen MR) is 59.4 cm³/mol. The average molecular weight is 193 g/mol. The second-order valence-corrected chi connectivity index (χ2v) is 4.52. The van der Waals surface area contributed by atoms with Gasteiger partial charge < -0.3 is 0 Å². The van der Waals surface area contributed by atoms with Crippen molar-refractivity contribution in [2.45, 2.75) is 41.0 Å². The van der Waals surface area contributed by atoms with Crippen molar-refractivity contribution in [1.29, 1.82) is 0 Å². The summed E-state index contributed by atoms with van der Waals surface area (Å²) in [5.74, 6) is 0.971. The third-order valence-electron chi connectivity index (χ3n) is 2.63. The molecule has 0 aromatic rings. The molecule has 0 amide bonds. The van der Waals surface area contributed by atoms with E-state index >= 15 is 0 Å². The molecule has 14 heavy (non-hydrogen) atoms. The molecule has 0 aromatic carbocycles. The first-order valence-electron chi connectivity index (χ1n) is 5.25. The monoisotopic (exact) mass is 193 g/mol. The zero-order chi connectivity index (χ0) is 10.9. The summed E-state index contributed by atoms with van der Waals surface area (Å²) in [5, 5.41) is 0. The molecule has 2 nitrogen and oxygen atoms in total. The lowest BCUT2D eigenvalue weighted by Gasteiger charge is -2.08. The van der Waals surface area contributed by atoms with E-state index in [4.69, 9.17) is 0 Å². The Bertz CT molecular complexity index is 308. The topological polar surface area (TPSA) is 29.4 Å². The maximum absolute atomic E-state index is 11.4. The van der Waals surface area contributed by atoms with Crippen molar-refractivity contribution in [3.8, 4) is 0 Å². The van der Waals surface area contributed by atoms with Crippen molar-refractivity contribution in [3.63, 3.8) is 0 Å². The molecule has 0 aliphatic carbocycles. The maximum Gasteiger partial charge on any atom is 0.178 e. The third-order valence-corrected chi connectivity index (χ3v) is 2.63. The minimum atomic E-state index is 0.101. The molecule has 0 fully saturated rings. The number of hydrogen-bond acceptors (Lipinski definition) is 2. The first-order chi connectivity index (χ1) is 6.43. The van der Waals surface area contributed by atoms with Gasteiger partial charge in [0.25, 0.3) is 0 Å². The molecule has 78 valence electrons. The Labute approximate surface area is 86.1 Å². The van der Waals surface area contributed by atoms with Gasteiger partial charge in [0.2, 0.25) is 0 Å². The first kappa shape index (κ1) is 11.2. The van der Waals surface area contributed by atoms with E-state index < -0.39 is 0 Å². The zero-order valence-electron chi connectivity index (χ0n) is 9.72. The highest BCUT2D eigenvalue weighted by molar-refractivity contribution is 6.03. The number of aliphatic imine (C=N–C) groups is 1. The van der Waals surface area contributed by atoms with Crippen LogP contribution >= 0.6 is 0 Å². The molecule has 1 aliphatic rings. The Morgan fingerprint density at radius 2 is 1.79 bits per heavy atom. The summed E-state index contributed by atoms with van der Waals surface area (Å²) < 4.78 is 0. The fourth-order valence-electron chi connectivity index (χ4n) is 1.65. The second-order valence-electron chi connectivity index (χ2n) is 4.52. The normalized spacial score (nSPS) is 16.9. The Morgan fingerprint density at radius 3 is 2.07 bits per heavy atom. The van der Waals surface area contributed by atoms with Gasteiger partial charge in [0, 0.05) is 19.1 Å². The van der Waals surface area contributed by atoms with Crippen LogP contribution in [0.1, 0.15) is 41.0 Å². The van der Waals surface area contributed by atoms with Gasteiger partial charge in [-0.05, 0) is 17.4 Å². The number of allylic oxidation sites excluding steroid dienone is 2. The number of rotatable bonds is 3. The van der Waals surface area contributed by atoms with Gasteiger partial charge in [-0.15, -0.1) is 0 Å². The first-order valence-corrected chi connectivity index (χ1v) is 5.25. The van der Waals surface area contributed by atoms with Crippen molar-refractivity contribution in [2.24, 2.45) is 16.8 Å². The Balaban J connectivity index is 2.98. The fourth-order valence-corrected chi connectivity index (χ4v) is 1.65. The number of Topliss-reactive ketones (excluding diaryl/α,β-unsaturated/α-hetero) is 1. The molecule has 1 rings (SSSR count). The summed E-state index contributed by atoms with van der Waals surface area (Å²) in [6.07, 6.45) is 0.893. The van der Waals surface area contributed by atoms with Crippen molar-refractivity contribution >= 4 is 11.5 Å². The number of carbonyl (C=O) groups is 1. The van der Waals surface area contributed by atoms with Crippen LogP contribution in [-0.2, 0) is 4.79 Å². The molecular weight excluding hydrogens is 174 g/mol. The summed E-state index contributed by atoms with van der Waals surface area (Å²) in [6.45, 7) is 10.1. The van der Waals surface area contributed by atoms with Gasteiger partial charge in [-0.25, -0.2) is 0 Å². The maximum atomic E-state index is 11.4. The number of hydrogen-bond donors (Lipinski definition) is 0. The highest BCUT2D eigenvalue weighted by Gasteiger charge is 2.23. The Morgan fingerprint density at radius 1 is 1.21 bits per heavy atom. The molecule has 0 saturated carbocycles. The van der Waals surface area contributed by atoms with Crippen LogP contribution in [0.5, 0.6) is 0 Å². The summed E-state index contributed by atoms with van der Waals surface area (Å²) in [5.41, 5.74) is 3.07. The minimum absolute atomic E-state index is 0.101. The van der Waals surface area contributed by atoms with E-state index in [1.165, 1.54) is 5.57 Å². The summed E-state index contributed by atoms with van der Waals surface area (Å²) in [6, 6.07) is 0. The van der Waals surface area contributed by atoms with E-state index in [0.29, 0.717) is 17.5 Å². The Hall–Kier alpha value is -0.920. The zero-order valence-corrected chi connectivity index (χ0v) is 9.72. The van der Waals surface area contributed by atoms with Crippen LogP contribution in [0.25, 0.3) is 0 Å². The lowest BCUT2D eigenvalue weighted by atomic mass is 9.94. The molecule has 0 aromatic heterocycles. The van der Waals surface area contributed by atoms with Gasteiger partial charge in [0.05, 0.1) is 0 Å². The predicted octanol–water partition coefficient (Wildman–Crippen LogP) is 2.99. The second kappa shape index (κ2) is 4.07. The van der Waals surface area contributed by atoms with Gasteiger partial charge in [-0.1, -0.05) is 27.7 Å². The number of carbonyl (C=O) groups excluding carboxylic acids is 1. The van der Waals surface area contributed by atoms with Crippen LogP contribution in [-0.4, -0.2) is 11.5 Å². The molecule has 0 radical (unpaired) electrons. The van der Waals surface area contributed by atoms with Crippen LogP contribution in [0.15, 0.2) is 16.3 Å². The molecule has 0 spiro atoms. The molecule has 2 heteroatoms. The van der Waals surface area contributed by atoms with Gasteiger partial charge in [-0.2, -0.15) is 0 Å². The molecule has 0 unspecified atom stereocenters. The van der Waals surface area contributed by atoms with Crippen LogP contribution in [0.4, 0.5) is 0 Å². The van der Waals surface area contributed by atoms with Gasteiger partial charge in [-0.3, -0.25) is 9.79 Å². The quantitative estimate of drug-likeness (QED) is 0.677. The minimum Gasteiger partial charge on any atom is -0.293 e. The van der Waals surface area contributed by atoms with Crippen molar-refractivity contribution < 1.29 is 4.79 Å². The fraction of sp³-hybridized carbons (Fsp3) is 0.667. The van der Waals surface area contributed by atoms with Gasteiger partial charge in [0.1, 0.15) is 5.70 Å². The lowest BCUT2D eigenvalue weighted by molar-refractivity contribution is -0.113. The van der Waals surface area contributed by atoms with Crippen molar-refractivity contribution in [2.75, 3.05) is 0 Å². The number of nitrogens with zero attached hydrogens (tertiary/aromatic N) is 1. The standard InChI is InChI=1S/C12H19NO/c1-7(2)10-6-11(8(3)4)13-12(10)9(5)14/h7-8H,6H2,1-5H3. The van der Waals surface area contributed by atoms with Gasteiger partial charge in [0.15, 0.2) is 5.78 Å². The molecule has 1 heterocycles. The van der Waals surface area contributed by atoms with Crippen molar-refractivity contribution in [1.82, 2.24) is 0 Å². The lowest BCUT2D eigenvalue weighted by Crippen LogP contribution is -2.06. The number of ketones is 1. The van der Waals surface area contributed by atoms with Crippen LogP contribution < -0.4 is 0 Å². The third kappa shape index (κ3) is 2.11. The van der Waals surface area contributed by atoms with E-state index in [2.05, 4.69) is 32.7 Å². The van der Waals surface area contributed by atoms with Crippen LogP contribution in [0.2, 0.25) is 0 Å². The molecular formula is C12H19NO. The van der Waals surface area contributed by atoms with E-state index in [-0.39, 0.29) is 5.78 Å². The van der Waals surface area contributed by atoms with E-state index in [9.17, 15) is 4.79 Å². The highest BCUT2D eigenvalue weighted by atomic mass is 16.1. The molecule has 0 N–H and O–H groups in total. The summed E-state index contributed by atoms with van der Waals surface area (Å²) in [7, 11) is 0. The SMILES string of the molecule is CC(=O)C1=C(C(C)C)CC(C(C)C)=N1. The smallest absolute Gasteiger partial charge is 0.178 e. The van der Waals surface area contributed by atoms with E-state index in [1.807, 2.05) is 0 Å². The van der Waals surface area contributed by atoms with Crippen LogP contribution in [0, 0.1) is 11.8 Å². The van der Waals surface area contributed by atoms with Gasteiger partial charge >= 0.3 is 0 Å². The van der Waals surface area contributed by atoms with E-state index in [1.54, 1.807) is 6.92 Å². The van der Waals surface area contributed by atoms with Crippen LogP contribution in [0.3, 0.4) is 0 Å². The Kier molecular flexibility index (Phi) is 3.25. The molecule has 0 atom stereocenters. The summed E-state index contributed by atoms with van der Waals surface area (Å²) >= 11 is 0. The van der Waals surface area contributed by atoms with E-state index in [0.717, 1.165) is 12.1 Å². The largest absolute Gasteiger partial charge is 0.293 e. The average Bonchev–Trinajstić information content (AvgIpc) is 2.47.